The monoisotopic (exact) mass is 615 g/mol. The molecule has 1 aromatic heterocycles. The van der Waals surface area contributed by atoms with Gasteiger partial charge >= 0.3 is 11.9 Å². The maximum absolute atomic E-state index is 14.4. The third kappa shape index (κ3) is 4.82. The van der Waals surface area contributed by atoms with Gasteiger partial charge in [0.25, 0.3) is 0 Å². The molecule has 0 aliphatic carbocycles. The molecule has 2 heterocycles. The summed E-state index contributed by atoms with van der Waals surface area (Å²) in [4.78, 5) is 26.4. The fraction of sp³-hybridized carbons (Fsp3) is 0.0732. The van der Waals surface area contributed by atoms with Crippen molar-refractivity contribution in [2.45, 2.75) is 19.1 Å². The summed E-state index contributed by atoms with van der Waals surface area (Å²) in [6.07, 6.45) is 3.59. The molecule has 6 nitrogen and oxygen atoms in total. The van der Waals surface area contributed by atoms with Crippen molar-refractivity contribution in [2.24, 2.45) is 0 Å². The lowest BCUT2D eigenvalue weighted by Gasteiger charge is -2.34. The van der Waals surface area contributed by atoms with E-state index < -0.39 is 17.5 Å². The maximum atomic E-state index is 14.4. The lowest BCUT2D eigenvalue weighted by molar-refractivity contribution is -0.160. The fourth-order valence-corrected chi connectivity index (χ4v) is 6.48. The van der Waals surface area contributed by atoms with Gasteiger partial charge in [0.05, 0.1) is 11.0 Å². The van der Waals surface area contributed by atoms with Crippen LogP contribution in [0, 0.1) is 0 Å². The molecule has 0 radical (unpaired) electrons. The first-order valence-electron chi connectivity index (χ1n) is 15.4. The minimum Gasteiger partial charge on any atom is -0.465 e. The number of rotatable bonds is 6. The van der Waals surface area contributed by atoms with Crippen molar-refractivity contribution in [3.05, 3.63) is 156 Å². The number of aromatic nitrogens is 1. The molecule has 6 heteroatoms. The van der Waals surface area contributed by atoms with Gasteiger partial charge in [-0.3, -0.25) is 4.79 Å². The molecule has 8 rings (SSSR count). The Morgan fingerprint density at radius 2 is 1.36 bits per heavy atom. The first-order valence-corrected chi connectivity index (χ1v) is 15.4. The molecule has 0 fully saturated rings. The van der Waals surface area contributed by atoms with Gasteiger partial charge in [0, 0.05) is 45.3 Å². The molecule has 1 aliphatic heterocycles. The van der Waals surface area contributed by atoms with E-state index in [2.05, 4.69) is 28.8 Å². The number of ether oxygens (including phenoxy) is 3. The Bertz CT molecular complexity index is 2360. The average Bonchev–Trinajstić information content (AvgIpc) is 3.45. The molecule has 228 valence electrons. The second kappa shape index (κ2) is 11.3. The van der Waals surface area contributed by atoms with Gasteiger partial charge in [-0.15, -0.1) is 0 Å². The summed E-state index contributed by atoms with van der Waals surface area (Å²) >= 11 is 0. The van der Waals surface area contributed by atoms with Crippen molar-refractivity contribution in [3.8, 4) is 17.2 Å². The second-order valence-corrected chi connectivity index (χ2v) is 11.6. The molecule has 1 unspecified atom stereocenters. The minimum absolute atomic E-state index is 0.0874. The van der Waals surface area contributed by atoms with Crippen LogP contribution in [-0.4, -0.2) is 16.5 Å². The molecule has 1 atom stereocenters. The van der Waals surface area contributed by atoms with Crippen LogP contribution < -0.4 is 9.47 Å². The summed E-state index contributed by atoms with van der Waals surface area (Å²) in [5.41, 5.74) is 3.56. The third-order valence-electron chi connectivity index (χ3n) is 8.63. The molecule has 0 bridgehead atoms. The predicted octanol–water partition coefficient (Wildman–Crippen LogP) is 8.91. The molecule has 47 heavy (non-hydrogen) atoms. The van der Waals surface area contributed by atoms with E-state index in [-0.39, 0.29) is 6.61 Å². The number of carbonyl (C=O) groups excluding carboxylic acids is 2. The summed E-state index contributed by atoms with van der Waals surface area (Å²) < 4.78 is 20.7. The van der Waals surface area contributed by atoms with E-state index in [1.807, 2.05) is 109 Å². The van der Waals surface area contributed by atoms with Crippen LogP contribution in [0.5, 0.6) is 11.5 Å². The van der Waals surface area contributed by atoms with E-state index in [9.17, 15) is 9.59 Å². The highest BCUT2D eigenvalue weighted by atomic mass is 16.6. The smallest absolute Gasteiger partial charge is 0.359 e. The van der Waals surface area contributed by atoms with E-state index in [4.69, 9.17) is 14.2 Å². The van der Waals surface area contributed by atoms with Crippen LogP contribution in [0.4, 0.5) is 0 Å². The molecular formula is C41H29NO5. The largest absolute Gasteiger partial charge is 0.465 e. The van der Waals surface area contributed by atoms with Gasteiger partial charge in [-0.25, -0.2) is 4.79 Å². The van der Waals surface area contributed by atoms with Gasteiger partial charge in [-0.2, -0.15) is 0 Å². The Balaban J connectivity index is 1.34. The highest BCUT2D eigenvalue weighted by Crippen LogP contribution is 2.46. The van der Waals surface area contributed by atoms with Gasteiger partial charge in [-0.1, -0.05) is 109 Å². The van der Waals surface area contributed by atoms with Crippen LogP contribution in [0.2, 0.25) is 0 Å². The number of nitrogens with zero attached hydrogens (tertiary/aromatic N) is 1. The minimum atomic E-state index is -1.61. The standard InChI is InChI=1S/C41H29NO5/c1-27(43)46-38-24-29-22-23-41(40(44)45-26-28-12-4-2-5-13-28,47-39(29)35-18-9-8-17-34(35)38)30-20-21-33-32-16-10-11-19-36(32)42(37(33)25-30)31-14-6-3-7-15-31/h2-25H,26H2,1H3. The van der Waals surface area contributed by atoms with Gasteiger partial charge < -0.3 is 18.8 Å². The average molecular weight is 616 g/mol. The topological polar surface area (TPSA) is 66.8 Å². The van der Waals surface area contributed by atoms with Gasteiger partial charge in [-0.05, 0) is 42.0 Å². The highest BCUT2D eigenvalue weighted by molar-refractivity contribution is 6.10. The summed E-state index contributed by atoms with van der Waals surface area (Å²) in [5.74, 6) is -0.0395. The van der Waals surface area contributed by atoms with E-state index in [0.29, 0.717) is 33.4 Å². The number of esters is 2. The number of hydrogen-bond donors (Lipinski definition) is 0. The van der Waals surface area contributed by atoms with Crippen LogP contribution in [0.25, 0.3) is 44.3 Å². The van der Waals surface area contributed by atoms with Crippen molar-refractivity contribution < 1.29 is 23.8 Å². The van der Waals surface area contributed by atoms with Crippen LogP contribution in [0.1, 0.15) is 23.6 Å². The molecular weight excluding hydrogens is 586 g/mol. The van der Waals surface area contributed by atoms with Gasteiger partial charge in [0.1, 0.15) is 18.1 Å². The molecule has 0 N–H and O–H groups in total. The quantitative estimate of drug-likeness (QED) is 0.138. The van der Waals surface area contributed by atoms with E-state index in [1.165, 1.54) is 6.92 Å². The first-order chi connectivity index (χ1) is 23.0. The zero-order valence-electron chi connectivity index (χ0n) is 25.6. The zero-order chi connectivity index (χ0) is 32.0. The Kier molecular flexibility index (Phi) is 6.84. The Morgan fingerprint density at radius 3 is 2.13 bits per heavy atom. The lowest BCUT2D eigenvalue weighted by atomic mass is 9.88. The van der Waals surface area contributed by atoms with Crippen molar-refractivity contribution in [1.82, 2.24) is 4.57 Å². The summed E-state index contributed by atoms with van der Waals surface area (Å²) in [7, 11) is 0. The van der Waals surface area contributed by atoms with Crippen LogP contribution in [-0.2, 0) is 26.5 Å². The molecule has 1 aliphatic rings. The molecule has 0 saturated heterocycles. The molecule has 6 aromatic carbocycles. The fourth-order valence-electron chi connectivity index (χ4n) is 6.48. The molecule has 0 spiro atoms. The molecule has 0 saturated carbocycles. The SMILES string of the molecule is CC(=O)Oc1cc2c(c3ccccc13)OC(C(=O)OCc1ccccc1)(c1ccc3c4ccccc4n(-c4ccccc4)c3c1)C=C2. The molecule has 0 amide bonds. The number of benzene rings is 6. The van der Waals surface area contributed by atoms with Gasteiger partial charge in [0.15, 0.2) is 0 Å². The predicted molar refractivity (Wildman–Crippen MR) is 184 cm³/mol. The number of para-hydroxylation sites is 2. The Labute approximate surface area is 271 Å². The zero-order valence-corrected chi connectivity index (χ0v) is 25.6. The Hall–Kier alpha value is -6.14. The summed E-state index contributed by atoms with van der Waals surface area (Å²) in [6, 6.07) is 43.4. The third-order valence-corrected chi connectivity index (χ3v) is 8.63. The van der Waals surface area contributed by atoms with E-state index >= 15 is 0 Å². The molecule has 7 aromatic rings. The number of fused-ring (bicyclic) bond motifs is 6. The van der Waals surface area contributed by atoms with E-state index in [1.54, 1.807) is 12.1 Å². The Morgan fingerprint density at radius 1 is 0.702 bits per heavy atom. The second-order valence-electron chi connectivity index (χ2n) is 11.6. The van der Waals surface area contributed by atoms with Crippen LogP contribution in [0.15, 0.2) is 140 Å². The first kappa shape index (κ1) is 28.3. The van der Waals surface area contributed by atoms with Crippen molar-refractivity contribution >= 4 is 50.6 Å². The van der Waals surface area contributed by atoms with Gasteiger partial charge in [0.2, 0.25) is 5.60 Å². The summed E-state index contributed by atoms with van der Waals surface area (Å²) in [6.45, 7) is 1.46. The van der Waals surface area contributed by atoms with Crippen LogP contribution >= 0.6 is 0 Å². The van der Waals surface area contributed by atoms with Crippen LogP contribution in [0.3, 0.4) is 0 Å². The number of hydrogen-bond acceptors (Lipinski definition) is 5. The lowest BCUT2D eigenvalue weighted by Crippen LogP contribution is -2.42. The van der Waals surface area contributed by atoms with Crippen molar-refractivity contribution in [1.29, 1.82) is 0 Å². The number of carbonyl (C=O) groups is 2. The van der Waals surface area contributed by atoms with E-state index in [0.717, 1.165) is 33.1 Å². The maximum Gasteiger partial charge on any atom is 0.359 e. The highest BCUT2D eigenvalue weighted by Gasteiger charge is 2.45. The van der Waals surface area contributed by atoms with Crippen molar-refractivity contribution in [3.63, 3.8) is 0 Å². The summed E-state index contributed by atoms with van der Waals surface area (Å²) in [5, 5.41) is 3.57. The van der Waals surface area contributed by atoms with Crippen molar-refractivity contribution in [2.75, 3.05) is 0 Å². The normalized spacial score (nSPS) is 15.3.